The number of carbonyl (C=O) groups excluding carboxylic acids is 4. The highest BCUT2D eigenvalue weighted by atomic mass is 16.6. The Hall–Kier alpha value is -3.52. The van der Waals surface area contributed by atoms with E-state index in [1.165, 1.54) is 27.7 Å². The Kier molecular flexibility index (Phi) is 21.3. The van der Waals surface area contributed by atoms with Crippen molar-refractivity contribution < 1.29 is 82.2 Å². The van der Waals surface area contributed by atoms with Crippen molar-refractivity contribution >= 4 is 23.9 Å². The van der Waals surface area contributed by atoms with Gasteiger partial charge in [0, 0.05) is 22.3 Å². The standard InChI is InChI=1S/C34H52O17/c1-19(2)31(39)48-13-23(35)9-43-17-27(44-10-24(36)14-49-32(40)20(3)4)29-30(46-12-26(38)16-51-34(42)22(7)8)28(18-47-29)45-11-25(37)15-50-33(41)21(5)6/h23-30,35-38H,1,3,5,7,9-18H2,2,4,6,8H3/t23?,24?,25?,26?,27-,28+,29-,30-/m1/s1. The lowest BCUT2D eigenvalue weighted by Crippen LogP contribution is -2.47. The molecule has 17 heteroatoms. The van der Waals surface area contributed by atoms with Gasteiger partial charge in [0.25, 0.3) is 0 Å². The van der Waals surface area contributed by atoms with E-state index >= 15 is 0 Å². The fraction of sp³-hybridized carbons (Fsp3) is 0.647. The van der Waals surface area contributed by atoms with Crippen molar-refractivity contribution in [2.24, 2.45) is 0 Å². The first-order valence-corrected chi connectivity index (χ1v) is 16.0. The maximum Gasteiger partial charge on any atom is 0.333 e. The number of esters is 4. The molecular weight excluding hydrogens is 680 g/mol. The summed E-state index contributed by atoms with van der Waals surface area (Å²) in [5.41, 5.74) is 0.542. The van der Waals surface area contributed by atoms with Crippen LogP contribution in [0.1, 0.15) is 27.7 Å². The number of rotatable bonds is 26. The van der Waals surface area contributed by atoms with Gasteiger partial charge >= 0.3 is 23.9 Å². The fourth-order valence-electron chi connectivity index (χ4n) is 3.89. The minimum Gasteiger partial charge on any atom is -0.460 e. The summed E-state index contributed by atoms with van der Waals surface area (Å²) in [6.07, 6.45) is -9.07. The van der Waals surface area contributed by atoms with E-state index in [9.17, 15) is 39.6 Å². The normalized spacial score (nSPS) is 19.9. The number of ether oxygens (including phenoxy) is 9. The monoisotopic (exact) mass is 732 g/mol. The lowest BCUT2D eigenvalue weighted by molar-refractivity contribution is -0.162. The van der Waals surface area contributed by atoms with Gasteiger partial charge in [0.15, 0.2) is 0 Å². The van der Waals surface area contributed by atoms with Crippen molar-refractivity contribution in [1.29, 1.82) is 0 Å². The van der Waals surface area contributed by atoms with Crippen molar-refractivity contribution in [3.63, 3.8) is 0 Å². The second-order valence-corrected chi connectivity index (χ2v) is 12.0. The van der Waals surface area contributed by atoms with Crippen molar-refractivity contribution in [3.05, 3.63) is 48.6 Å². The van der Waals surface area contributed by atoms with Gasteiger partial charge in [0.1, 0.15) is 75.3 Å². The Bertz CT molecular complexity index is 1200. The van der Waals surface area contributed by atoms with Gasteiger partial charge in [-0.3, -0.25) is 0 Å². The van der Waals surface area contributed by atoms with Crippen LogP contribution in [0.4, 0.5) is 0 Å². The predicted molar refractivity (Wildman–Crippen MR) is 177 cm³/mol. The molecule has 290 valence electrons. The van der Waals surface area contributed by atoms with E-state index in [1.807, 2.05) is 0 Å². The van der Waals surface area contributed by atoms with Crippen LogP contribution in [-0.4, -0.2) is 159 Å². The van der Waals surface area contributed by atoms with Gasteiger partial charge in [-0.25, -0.2) is 19.2 Å². The zero-order valence-corrected chi connectivity index (χ0v) is 29.6. The summed E-state index contributed by atoms with van der Waals surface area (Å²) in [5.74, 6) is -2.82. The molecule has 1 fully saturated rings. The molecule has 1 aliphatic heterocycles. The molecule has 1 aliphatic rings. The maximum atomic E-state index is 11.8. The van der Waals surface area contributed by atoms with Gasteiger partial charge in [-0.2, -0.15) is 0 Å². The van der Waals surface area contributed by atoms with Gasteiger partial charge in [-0.05, 0) is 27.7 Å². The molecule has 0 aromatic heterocycles. The Balaban J connectivity index is 3.11. The summed E-state index contributed by atoms with van der Waals surface area (Å²) in [6.45, 7) is 16.2. The van der Waals surface area contributed by atoms with E-state index in [4.69, 9.17) is 42.6 Å². The third-order valence-electron chi connectivity index (χ3n) is 6.61. The third-order valence-corrected chi connectivity index (χ3v) is 6.61. The van der Waals surface area contributed by atoms with Gasteiger partial charge in [0.05, 0.1) is 39.6 Å². The van der Waals surface area contributed by atoms with Gasteiger partial charge in [-0.1, -0.05) is 26.3 Å². The molecule has 17 nitrogen and oxygen atoms in total. The molecule has 0 aromatic carbocycles. The number of hydrogen-bond acceptors (Lipinski definition) is 17. The molecule has 8 atom stereocenters. The summed E-state index contributed by atoms with van der Waals surface area (Å²) in [4.78, 5) is 46.9. The van der Waals surface area contributed by atoms with E-state index in [1.54, 1.807) is 0 Å². The molecule has 0 bridgehead atoms. The van der Waals surface area contributed by atoms with Crippen LogP contribution in [0.3, 0.4) is 0 Å². The van der Waals surface area contributed by atoms with E-state index in [-0.39, 0.29) is 68.5 Å². The van der Waals surface area contributed by atoms with Crippen LogP contribution in [-0.2, 0) is 61.8 Å². The summed E-state index contributed by atoms with van der Waals surface area (Å²) in [6, 6.07) is 0. The van der Waals surface area contributed by atoms with Crippen LogP contribution in [0.25, 0.3) is 0 Å². The molecular formula is C34H52O17. The van der Waals surface area contributed by atoms with Crippen LogP contribution >= 0.6 is 0 Å². The molecule has 1 rings (SSSR count). The van der Waals surface area contributed by atoms with Crippen LogP contribution in [0.15, 0.2) is 48.6 Å². The molecule has 0 aliphatic carbocycles. The van der Waals surface area contributed by atoms with Gasteiger partial charge in [0.2, 0.25) is 0 Å². The summed E-state index contributed by atoms with van der Waals surface area (Å²) in [7, 11) is 0. The highest BCUT2D eigenvalue weighted by Crippen LogP contribution is 2.26. The Morgan fingerprint density at radius 3 is 1.35 bits per heavy atom. The van der Waals surface area contributed by atoms with E-state index < -0.39 is 92.5 Å². The van der Waals surface area contributed by atoms with Crippen molar-refractivity contribution in [2.75, 3.05) is 66.1 Å². The number of carbonyl (C=O) groups is 4. The summed E-state index contributed by atoms with van der Waals surface area (Å²) in [5, 5.41) is 41.5. The Morgan fingerprint density at radius 2 is 0.941 bits per heavy atom. The lowest BCUT2D eigenvalue weighted by Gasteiger charge is -2.31. The van der Waals surface area contributed by atoms with Crippen molar-refractivity contribution in [3.8, 4) is 0 Å². The minimum atomic E-state index is -1.29. The molecule has 0 spiro atoms. The second-order valence-electron chi connectivity index (χ2n) is 12.0. The first kappa shape index (κ1) is 45.5. The topological polar surface area (TPSA) is 232 Å². The first-order valence-electron chi connectivity index (χ1n) is 16.0. The number of hydrogen-bond donors (Lipinski definition) is 4. The van der Waals surface area contributed by atoms with E-state index in [2.05, 4.69) is 26.3 Å². The van der Waals surface area contributed by atoms with Crippen LogP contribution < -0.4 is 0 Å². The Morgan fingerprint density at radius 1 is 0.569 bits per heavy atom. The van der Waals surface area contributed by atoms with Crippen LogP contribution in [0.2, 0.25) is 0 Å². The molecule has 51 heavy (non-hydrogen) atoms. The zero-order chi connectivity index (χ0) is 38.7. The average molecular weight is 733 g/mol. The summed E-state index contributed by atoms with van der Waals surface area (Å²) >= 11 is 0. The SMILES string of the molecule is C=C(C)C(=O)OCC(O)COC[C@@H](OCC(O)COC(=O)C(=C)C)[C@H]1OC[C@H](OCC(O)COC(=O)C(=C)C)[C@H]1OCC(O)COC(=O)C(=C)C. The highest BCUT2D eigenvalue weighted by Gasteiger charge is 2.45. The maximum absolute atomic E-state index is 11.8. The number of aliphatic hydroxyl groups excluding tert-OH is 4. The third kappa shape index (κ3) is 18.5. The van der Waals surface area contributed by atoms with Gasteiger partial charge < -0.3 is 63.1 Å². The molecule has 0 aromatic rings. The molecule has 0 saturated carbocycles. The first-order chi connectivity index (χ1) is 23.9. The molecule has 0 amide bonds. The largest absolute Gasteiger partial charge is 0.460 e. The van der Waals surface area contributed by atoms with Crippen molar-refractivity contribution in [2.45, 2.75) is 76.5 Å². The molecule has 1 heterocycles. The average Bonchev–Trinajstić information content (AvgIpc) is 3.48. The molecule has 0 radical (unpaired) electrons. The second kappa shape index (κ2) is 23.9. The van der Waals surface area contributed by atoms with Gasteiger partial charge in [-0.15, -0.1) is 0 Å². The number of aliphatic hydroxyl groups is 4. The highest BCUT2D eigenvalue weighted by molar-refractivity contribution is 5.88. The lowest BCUT2D eigenvalue weighted by atomic mass is 10.1. The molecule has 1 saturated heterocycles. The smallest absolute Gasteiger partial charge is 0.333 e. The predicted octanol–water partition coefficient (Wildman–Crippen LogP) is -0.522. The van der Waals surface area contributed by atoms with Crippen LogP contribution in [0.5, 0.6) is 0 Å². The quantitative estimate of drug-likeness (QED) is 0.0498. The molecule has 4 unspecified atom stereocenters. The Labute approximate surface area is 297 Å². The van der Waals surface area contributed by atoms with Crippen LogP contribution in [0, 0.1) is 0 Å². The van der Waals surface area contributed by atoms with E-state index in [0.29, 0.717) is 0 Å². The zero-order valence-electron chi connectivity index (χ0n) is 29.6. The van der Waals surface area contributed by atoms with Crippen molar-refractivity contribution in [1.82, 2.24) is 0 Å². The molecule has 4 N–H and O–H groups in total. The minimum absolute atomic E-state index is 0.119. The fourth-order valence-corrected chi connectivity index (χ4v) is 3.89. The summed E-state index contributed by atoms with van der Waals surface area (Å²) < 4.78 is 49.2. The van der Waals surface area contributed by atoms with E-state index in [0.717, 1.165) is 0 Å².